The highest BCUT2D eigenvalue weighted by molar-refractivity contribution is 7.47. The van der Waals surface area contributed by atoms with Crippen molar-refractivity contribution in [3.05, 3.63) is 24.3 Å². The van der Waals surface area contributed by atoms with Gasteiger partial charge in [-0.2, -0.15) is 0 Å². The lowest BCUT2D eigenvalue weighted by Crippen LogP contribution is -2.30. The number of hydrogen-bond acceptors (Lipinski definition) is 15. The monoisotopic (exact) mass is 1490 g/mol. The first kappa shape index (κ1) is 99.5. The summed E-state index contributed by atoms with van der Waals surface area (Å²) in [7, 11) is -9.92. The molecule has 0 aromatic carbocycles. The quantitative estimate of drug-likeness (QED) is 0.0169. The number of ether oxygens (including phenoxy) is 4. The molecule has 0 aliphatic heterocycles. The number of aliphatic hydroxyl groups is 1. The van der Waals surface area contributed by atoms with Crippen molar-refractivity contribution in [1.82, 2.24) is 0 Å². The fourth-order valence-electron chi connectivity index (χ4n) is 12.5. The fourth-order valence-corrected chi connectivity index (χ4v) is 14.0. The SMILES string of the molecule is CCCCCC/C=C\C=C/CCCCCCCC(=O)O[C@H](COC(=O)CCCCCCC)COP(=O)(O)OC[C@H](O)COP(=O)(O)OC[C@@H](COC(=O)CCCCCCCCCCCCCCCCCCCCCCC)OC(=O)CCCCCCCCCCCCCCCCCCCCCCC. The number of carbonyl (C=O) groups is 4. The molecule has 0 spiro atoms. The normalized spacial score (nSPS) is 13.9. The summed E-state index contributed by atoms with van der Waals surface area (Å²) in [6, 6.07) is 0. The van der Waals surface area contributed by atoms with Gasteiger partial charge in [0.05, 0.1) is 26.4 Å². The van der Waals surface area contributed by atoms with Crippen molar-refractivity contribution in [2.75, 3.05) is 39.6 Å². The number of unbranched alkanes of at least 4 members (excludes halogenated alkanes) is 53. The zero-order valence-electron chi connectivity index (χ0n) is 66.1. The van der Waals surface area contributed by atoms with Gasteiger partial charge in [-0.1, -0.05) is 373 Å². The van der Waals surface area contributed by atoms with E-state index in [0.717, 1.165) is 109 Å². The zero-order valence-corrected chi connectivity index (χ0v) is 67.9. The van der Waals surface area contributed by atoms with Crippen LogP contribution in [-0.4, -0.2) is 96.7 Å². The number of esters is 4. The van der Waals surface area contributed by atoms with Crippen molar-refractivity contribution in [2.24, 2.45) is 0 Å². The van der Waals surface area contributed by atoms with Gasteiger partial charge in [0.2, 0.25) is 0 Å². The Morgan fingerprint density at radius 1 is 0.275 bits per heavy atom. The molecular weight excluding hydrogens is 1330 g/mol. The van der Waals surface area contributed by atoms with Crippen molar-refractivity contribution in [3.63, 3.8) is 0 Å². The number of aliphatic hydroxyl groups excluding tert-OH is 1. The first-order valence-corrected chi connectivity index (χ1v) is 45.6. The zero-order chi connectivity index (χ0) is 74.6. The summed E-state index contributed by atoms with van der Waals surface area (Å²) in [6.45, 7) is 4.87. The summed E-state index contributed by atoms with van der Waals surface area (Å²) in [5.41, 5.74) is 0. The topological polar surface area (TPSA) is 237 Å². The summed E-state index contributed by atoms with van der Waals surface area (Å²) in [4.78, 5) is 72.7. The lowest BCUT2D eigenvalue weighted by atomic mass is 10.0. The van der Waals surface area contributed by atoms with E-state index in [-0.39, 0.29) is 25.7 Å². The van der Waals surface area contributed by atoms with E-state index in [1.807, 2.05) is 0 Å². The van der Waals surface area contributed by atoms with Gasteiger partial charge in [0, 0.05) is 25.7 Å². The second-order valence-electron chi connectivity index (χ2n) is 29.2. The van der Waals surface area contributed by atoms with Crippen molar-refractivity contribution in [1.29, 1.82) is 0 Å². The number of hydrogen-bond donors (Lipinski definition) is 3. The lowest BCUT2D eigenvalue weighted by Gasteiger charge is -2.21. The highest BCUT2D eigenvalue weighted by Crippen LogP contribution is 2.45. The minimum atomic E-state index is -4.96. The predicted octanol–water partition coefficient (Wildman–Crippen LogP) is 24.9. The van der Waals surface area contributed by atoms with Gasteiger partial charge in [-0.05, 0) is 51.4 Å². The van der Waals surface area contributed by atoms with Gasteiger partial charge in [0.15, 0.2) is 12.2 Å². The molecule has 0 rings (SSSR count). The maximum atomic E-state index is 13.1. The van der Waals surface area contributed by atoms with Crippen molar-refractivity contribution in [3.8, 4) is 0 Å². The van der Waals surface area contributed by atoms with Gasteiger partial charge in [0.25, 0.3) is 0 Å². The Kier molecular flexibility index (Phi) is 74.9. The van der Waals surface area contributed by atoms with Crippen molar-refractivity contribution < 1.29 is 80.2 Å². The van der Waals surface area contributed by atoms with Crippen LogP contribution >= 0.6 is 15.6 Å². The molecule has 0 aromatic heterocycles. The average Bonchev–Trinajstić information content (AvgIpc) is 0.926. The summed E-state index contributed by atoms with van der Waals surface area (Å²) >= 11 is 0. The molecule has 3 N–H and O–H groups in total. The molecule has 0 heterocycles. The molecule has 0 aliphatic rings. The molecule has 0 radical (unpaired) electrons. The van der Waals surface area contributed by atoms with E-state index in [1.165, 1.54) is 238 Å². The number of phosphoric ester groups is 2. The average molecular weight is 1490 g/mol. The minimum Gasteiger partial charge on any atom is -0.462 e. The van der Waals surface area contributed by atoms with Gasteiger partial charge >= 0.3 is 39.5 Å². The van der Waals surface area contributed by atoms with Crippen molar-refractivity contribution >= 4 is 39.5 Å². The van der Waals surface area contributed by atoms with Crippen LogP contribution in [0.1, 0.15) is 426 Å². The molecule has 0 saturated heterocycles. The third kappa shape index (κ3) is 75.8. The highest BCUT2D eigenvalue weighted by Gasteiger charge is 2.30. The Morgan fingerprint density at radius 2 is 0.471 bits per heavy atom. The van der Waals surface area contributed by atoms with Crippen LogP contribution in [0.15, 0.2) is 24.3 Å². The third-order valence-electron chi connectivity index (χ3n) is 19.0. The van der Waals surface area contributed by atoms with Crippen LogP contribution in [0.2, 0.25) is 0 Å². The van der Waals surface area contributed by atoms with Crippen LogP contribution in [0, 0.1) is 0 Å². The molecule has 602 valence electrons. The van der Waals surface area contributed by atoms with Crippen LogP contribution in [0.3, 0.4) is 0 Å². The van der Waals surface area contributed by atoms with E-state index < -0.39 is 97.5 Å². The Hall–Kier alpha value is -2.46. The van der Waals surface area contributed by atoms with E-state index in [2.05, 4.69) is 52.0 Å². The molecule has 0 aromatic rings. The van der Waals surface area contributed by atoms with Gasteiger partial charge in [-0.25, -0.2) is 9.13 Å². The number of rotatable bonds is 82. The summed E-state index contributed by atoms with van der Waals surface area (Å²) in [5, 5.41) is 10.6. The fraction of sp³-hybridized carbons (Fsp3) is 0.904. The first-order valence-electron chi connectivity index (χ1n) is 42.6. The van der Waals surface area contributed by atoms with E-state index in [9.17, 15) is 43.2 Å². The van der Waals surface area contributed by atoms with Crippen LogP contribution in [0.5, 0.6) is 0 Å². The molecule has 0 saturated carbocycles. The molecule has 0 amide bonds. The molecule has 0 aliphatic carbocycles. The number of phosphoric acid groups is 2. The Morgan fingerprint density at radius 3 is 0.716 bits per heavy atom. The van der Waals surface area contributed by atoms with Crippen LogP contribution in [0.25, 0.3) is 0 Å². The molecular formula is C83H158O17P2. The molecule has 0 fully saturated rings. The van der Waals surface area contributed by atoms with Gasteiger partial charge < -0.3 is 33.8 Å². The molecule has 2 unspecified atom stereocenters. The molecule has 17 nitrogen and oxygen atoms in total. The highest BCUT2D eigenvalue weighted by atomic mass is 31.2. The van der Waals surface area contributed by atoms with Crippen LogP contribution in [-0.2, 0) is 65.4 Å². The smallest absolute Gasteiger partial charge is 0.462 e. The predicted molar refractivity (Wildman–Crippen MR) is 418 cm³/mol. The Balaban J connectivity index is 5.13. The first-order chi connectivity index (χ1) is 49.7. The van der Waals surface area contributed by atoms with Gasteiger partial charge in [0.1, 0.15) is 19.3 Å². The maximum Gasteiger partial charge on any atom is 0.472 e. The lowest BCUT2D eigenvalue weighted by molar-refractivity contribution is -0.161. The molecule has 19 heteroatoms. The standard InChI is InChI=1S/C83H158O17P2/c1-5-9-13-17-20-23-26-29-32-34-36-38-40-42-45-47-50-53-56-60-64-68-81(86)94-74-79(100-83(88)70-66-62-58-55-52-49-46-43-41-39-37-35-33-30-27-24-21-18-14-10-6-2)76-98-102(91,92)96-72-77(84)71-95-101(89,90)97-75-78(73-93-80(85)67-63-59-16-12-8-4)99-82(87)69-65-61-57-54-51-48-44-31-28-25-22-19-15-11-7-3/h25,28,31,44,77-79,84H,5-24,26-27,29-30,32-43,45-76H2,1-4H3,(H,89,90)(H,91,92)/b28-25-,44-31-/t77-,78+,79+/m0/s1. The van der Waals surface area contributed by atoms with E-state index >= 15 is 0 Å². The second-order valence-corrected chi connectivity index (χ2v) is 32.1. The second kappa shape index (κ2) is 76.7. The van der Waals surface area contributed by atoms with Gasteiger partial charge in [-0.3, -0.25) is 37.3 Å². The number of carbonyl (C=O) groups excluding carboxylic acids is 4. The summed E-state index contributed by atoms with van der Waals surface area (Å²) in [5.74, 6) is -2.15. The summed E-state index contributed by atoms with van der Waals surface area (Å²) in [6.07, 6.45) is 73.7. The Labute approximate surface area is 624 Å². The van der Waals surface area contributed by atoms with Gasteiger partial charge in [-0.15, -0.1) is 0 Å². The van der Waals surface area contributed by atoms with E-state index in [4.69, 9.17) is 37.0 Å². The minimum absolute atomic E-state index is 0.0847. The van der Waals surface area contributed by atoms with Crippen LogP contribution in [0.4, 0.5) is 0 Å². The molecule has 102 heavy (non-hydrogen) atoms. The summed E-state index contributed by atoms with van der Waals surface area (Å²) < 4.78 is 68.5. The maximum absolute atomic E-state index is 13.1. The third-order valence-corrected chi connectivity index (χ3v) is 20.9. The van der Waals surface area contributed by atoms with Crippen LogP contribution < -0.4 is 0 Å². The molecule has 0 bridgehead atoms. The van der Waals surface area contributed by atoms with Crippen molar-refractivity contribution in [2.45, 2.75) is 444 Å². The molecule has 5 atom stereocenters. The Bertz CT molecular complexity index is 2020. The number of allylic oxidation sites excluding steroid dienone is 4. The van der Waals surface area contributed by atoms with E-state index in [0.29, 0.717) is 25.7 Å². The largest absolute Gasteiger partial charge is 0.472 e. The van der Waals surface area contributed by atoms with E-state index in [1.54, 1.807) is 0 Å².